The minimum Gasteiger partial charge on any atom is -0.406 e. The number of carbonyl (C=O) groups is 1. The molecular formula is C16H10BrClF3NO4S. The van der Waals surface area contributed by atoms with Crippen molar-refractivity contribution < 1.29 is 31.1 Å². The third-order valence-electron chi connectivity index (χ3n) is 2.96. The molecule has 0 radical (unpaired) electrons. The van der Waals surface area contributed by atoms with E-state index in [1.807, 2.05) is 4.72 Å². The van der Waals surface area contributed by atoms with Crippen molar-refractivity contribution in [1.29, 1.82) is 0 Å². The Hall–Kier alpha value is -2.04. The van der Waals surface area contributed by atoms with E-state index >= 15 is 0 Å². The second-order valence-corrected chi connectivity index (χ2v) is 7.91. The highest BCUT2D eigenvalue weighted by Crippen LogP contribution is 2.23. The van der Waals surface area contributed by atoms with E-state index in [4.69, 9.17) is 11.6 Å². The molecule has 1 N–H and O–H groups in total. The minimum absolute atomic E-state index is 0.0366. The summed E-state index contributed by atoms with van der Waals surface area (Å²) in [5.41, 5.74) is 0.245. The first-order valence-electron chi connectivity index (χ1n) is 7.01. The molecule has 0 unspecified atom stereocenters. The lowest BCUT2D eigenvalue weighted by atomic mass is 10.2. The highest BCUT2D eigenvalue weighted by Gasteiger charge is 2.30. The number of hydrogen-bond acceptors (Lipinski definition) is 4. The van der Waals surface area contributed by atoms with Crippen LogP contribution in [0.1, 0.15) is 15.9 Å². The molecule has 0 spiro atoms. The fourth-order valence-corrected chi connectivity index (χ4v) is 3.37. The third-order valence-corrected chi connectivity index (χ3v) is 4.73. The Kier molecular flexibility index (Phi) is 6.55. The van der Waals surface area contributed by atoms with Crippen molar-refractivity contribution in [3.8, 4) is 5.75 Å². The molecular weight excluding hydrogens is 475 g/mol. The number of alkyl halides is 3. The van der Waals surface area contributed by atoms with Crippen molar-refractivity contribution in [3.05, 3.63) is 68.5 Å². The Morgan fingerprint density at radius 1 is 1.15 bits per heavy atom. The van der Waals surface area contributed by atoms with Gasteiger partial charge in [-0.25, -0.2) is 13.1 Å². The van der Waals surface area contributed by atoms with Crippen molar-refractivity contribution in [2.45, 2.75) is 6.36 Å². The predicted octanol–water partition coefficient (Wildman–Crippen LogP) is 4.73. The number of nitrogens with one attached hydrogen (secondary N) is 1. The number of ether oxygens (including phenoxy) is 1. The van der Waals surface area contributed by atoms with Crippen LogP contribution in [-0.2, 0) is 10.0 Å². The zero-order valence-corrected chi connectivity index (χ0v) is 16.3. The van der Waals surface area contributed by atoms with Gasteiger partial charge in [0.1, 0.15) is 5.75 Å². The van der Waals surface area contributed by atoms with Crippen LogP contribution in [-0.4, -0.2) is 20.7 Å². The molecule has 0 aliphatic carbocycles. The summed E-state index contributed by atoms with van der Waals surface area (Å²) in [7, 11) is -4.15. The zero-order chi connectivity index (χ0) is 20.2. The lowest BCUT2D eigenvalue weighted by Crippen LogP contribution is -2.29. The number of carbonyl (C=O) groups excluding carboxylic acids is 1. The van der Waals surface area contributed by atoms with E-state index in [0.29, 0.717) is 9.88 Å². The van der Waals surface area contributed by atoms with Crippen molar-refractivity contribution in [1.82, 2.24) is 4.72 Å². The van der Waals surface area contributed by atoms with Gasteiger partial charge in [0.15, 0.2) is 0 Å². The molecule has 0 aliphatic heterocycles. The Morgan fingerprint density at radius 3 is 2.33 bits per heavy atom. The smallest absolute Gasteiger partial charge is 0.406 e. The van der Waals surface area contributed by atoms with Gasteiger partial charge in [-0.1, -0.05) is 39.7 Å². The van der Waals surface area contributed by atoms with Crippen molar-refractivity contribution in [3.63, 3.8) is 0 Å². The van der Waals surface area contributed by atoms with Crippen LogP contribution in [0.3, 0.4) is 0 Å². The van der Waals surface area contributed by atoms with E-state index in [9.17, 15) is 26.4 Å². The second kappa shape index (κ2) is 8.32. The first-order valence-corrected chi connectivity index (χ1v) is 9.73. The van der Waals surface area contributed by atoms with Gasteiger partial charge in [0.2, 0.25) is 0 Å². The summed E-state index contributed by atoms with van der Waals surface area (Å²) in [6, 6.07) is 8.80. The van der Waals surface area contributed by atoms with Gasteiger partial charge in [-0.2, -0.15) is 0 Å². The van der Waals surface area contributed by atoms with E-state index in [-0.39, 0.29) is 16.1 Å². The minimum atomic E-state index is -4.82. The molecule has 11 heteroatoms. The quantitative estimate of drug-likeness (QED) is 0.666. The average Bonchev–Trinajstić information content (AvgIpc) is 2.52. The van der Waals surface area contributed by atoms with Crippen LogP contribution in [0.25, 0.3) is 6.08 Å². The molecule has 0 bridgehead atoms. The van der Waals surface area contributed by atoms with Crippen LogP contribution >= 0.6 is 27.5 Å². The molecule has 5 nitrogen and oxygen atoms in total. The second-order valence-electron chi connectivity index (χ2n) is 5.02. The molecule has 0 atom stereocenters. The van der Waals surface area contributed by atoms with Crippen LogP contribution in [0.15, 0.2) is 52.3 Å². The lowest BCUT2D eigenvalue weighted by molar-refractivity contribution is -0.274. The third kappa shape index (κ3) is 6.89. The van der Waals surface area contributed by atoms with Crippen LogP contribution < -0.4 is 9.46 Å². The van der Waals surface area contributed by atoms with Crippen molar-refractivity contribution in [2.75, 3.05) is 0 Å². The van der Waals surface area contributed by atoms with E-state index in [1.54, 1.807) is 0 Å². The molecule has 0 fully saturated rings. The number of benzene rings is 2. The molecule has 0 saturated heterocycles. The topological polar surface area (TPSA) is 72.5 Å². The van der Waals surface area contributed by atoms with E-state index in [1.165, 1.54) is 30.3 Å². The Morgan fingerprint density at radius 2 is 1.78 bits per heavy atom. The molecule has 0 aliphatic rings. The largest absolute Gasteiger partial charge is 0.573 e. The number of sulfonamides is 1. The van der Waals surface area contributed by atoms with E-state index in [0.717, 1.165) is 18.2 Å². The molecule has 1 amide bonds. The fraction of sp³-hybridized carbons (Fsp3) is 0.0625. The lowest BCUT2D eigenvalue weighted by Gasteiger charge is -2.08. The highest BCUT2D eigenvalue weighted by molar-refractivity contribution is 9.10. The summed E-state index contributed by atoms with van der Waals surface area (Å²) in [6.45, 7) is 0. The SMILES string of the molecule is O=C(NS(=O)(=O)/C=C/c1ccc(OC(F)(F)F)cc1)c1ccc(Br)cc1Cl. The average molecular weight is 485 g/mol. The first kappa shape index (κ1) is 21.3. The number of rotatable bonds is 5. The predicted molar refractivity (Wildman–Crippen MR) is 97.7 cm³/mol. The molecule has 2 rings (SSSR count). The molecule has 0 aromatic heterocycles. The van der Waals surface area contributed by atoms with Gasteiger partial charge in [-0.05, 0) is 42.0 Å². The first-order chi connectivity index (χ1) is 12.5. The number of hydrogen-bond donors (Lipinski definition) is 1. The Labute approximate surface area is 166 Å². The summed E-state index contributed by atoms with van der Waals surface area (Å²) in [5.74, 6) is -1.37. The molecule has 27 heavy (non-hydrogen) atoms. The van der Waals surface area contributed by atoms with E-state index in [2.05, 4.69) is 20.7 Å². The summed E-state index contributed by atoms with van der Waals surface area (Å²) in [4.78, 5) is 12.0. The molecule has 2 aromatic carbocycles. The summed E-state index contributed by atoms with van der Waals surface area (Å²) < 4.78 is 66.4. The summed E-state index contributed by atoms with van der Waals surface area (Å²) in [6.07, 6.45) is -3.71. The van der Waals surface area contributed by atoms with Crippen LogP contribution in [0.2, 0.25) is 5.02 Å². The van der Waals surface area contributed by atoms with Gasteiger partial charge in [-0.15, -0.1) is 13.2 Å². The van der Waals surface area contributed by atoms with Gasteiger partial charge >= 0.3 is 6.36 Å². The van der Waals surface area contributed by atoms with Crippen LogP contribution in [0.5, 0.6) is 5.75 Å². The van der Waals surface area contributed by atoms with Gasteiger partial charge < -0.3 is 4.74 Å². The van der Waals surface area contributed by atoms with Gasteiger partial charge in [-0.3, -0.25) is 4.79 Å². The standard InChI is InChI=1S/C16H10BrClF3NO4S/c17-11-3-6-13(14(18)9-11)15(23)22-27(24,25)8-7-10-1-4-12(5-2-10)26-16(19,20)21/h1-9H,(H,22,23)/b8-7+. The van der Waals surface area contributed by atoms with Crippen LogP contribution in [0, 0.1) is 0 Å². The maximum Gasteiger partial charge on any atom is 0.573 e. The summed E-state index contributed by atoms with van der Waals surface area (Å²) in [5, 5.41) is 0.762. The zero-order valence-electron chi connectivity index (χ0n) is 13.1. The molecule has 0 heterocycles. The van der Waals surface area contributed by atoms with Crippen molar-refractivity contribution in [2.24, 2.45) is 0 Å². The monoisotopic (exact) mass is 483 g/mol. The normalized spacial score (nSPS) is 12.2. The highest BCUT2D eigenvalue weighted by atomic mass is 79.9. The molecule has 0 saturated carbocycles. The van der Waals surface area contributed by atoms with Gasteiger partial charge in [0.25, 0.3) is 15.9 Å². The van der Waals surface area contributed by atoms with E-state index < -0.39 is 28.0 Å². The maximum atomic E-state index is 12.1. The fourth-order valence-electron chi connectivity index (χ4n) is 1.84. The van der Waals surface area contributed by atoms with Crippen molar-refractivity contribution >= 4 is 49.5 Å². The van der Waals surface area contributed by atoms with Gasteiger partial charge in [0, 0.05) is 4.47 Å². The van der Waals surface area contributed by atoms with Crippen LogP contribution in [0.4, 0.5) is 13.2 Å². The number of amides is 1. The molecule has 2 aromatic rings. The summed E-state index contributed by atoms with van der Waals surface area (Å²) >= 11 is 9.05. The van der Waals surface area contributed by atoms with Gasteiger partial charge in [0.05, 0.1) is 16.0 Å². The Bertz CT molecular complexity index is 976. The molecule has 144 valence electrons. The maximum absolute atomic E-state index is 12.1. The Balaban J connectivity index is 2.08. The number of halogens is 5.